The highest BCUT2D eigenvalue weighted by molar-refractivity contribution is 5.57. The second-order valence-electron chi connectivity index (χ2n) is 9.08. The van der Waals surface area contributed by atoms with Gasteiger partial charge in [-0.05, 0) is 0 Å². The minimum absolute atomic E-state index is 0.424. The molecule has 0 radical (unpaired) electrons. The van der Waals surface area contributed by atoms with Gasteiger partial charge in [0.25, 0.3) is 0 Å². The van der Waals surface area contributed by atoms with Crippen molar-refractivity contribution in [2.45, 2.75) is 32.4 Å². The number of hydrogen-bond donors (Lipinski definition) is 4. The Morgan fingerprint density at radius 3 is 2.03 bits per heavy atom. The van der Waals surface area contributed by atoms with Crippen molar-refractivity contribution in [1.29, 1.82) is 0 Å². The first-order valence-corrected chi connectivity index (χ1v) is 10.5. The van der Waals surface area contributed by atoms with Crippen molar-refractivity contribution in [3.8, 4) is 0 Å². The maximum atomic E-state index is 5.96. The highest BCUT2D eigenvalue weighted by atomic mass is 15.4. The number of aromatic nitrogens is 4. The second kappa shape index (κ2) is 8.50. The Hall–Kier alpha value is -2.46. The van der Waals surface area contributed by atoms with Crippen molar-refractivity contribution in [2.24, 2.45) is 0 Å². The standard InChI is InChI=1S/C19H38N10/c1-28(8-3-6-26-15-17(21)18(22)25-26)10-5-11-29(2,13-12-28)9-4-7-27-19(23)16(20)14-24-27/h14-15H,3-13,20-21,23H2,1-2H3,(H2,22,25)/q+2. The number of nitrogens with two attached hydrogens (primary N) is 4. The van der Waals surface area contributed by atoms with Crippen LogP contribution >= 0.6 is 0 Å². The number of nitrogen functional groups attached to an aromatic ring is 4. The van der Waals surface area contributed by atoms with Gasteiger partial charge in [0.1, 0.15) is 18.9 Å². The zero-order chi connectivity index (χ0) is 21.1. The summed E-state index contributed by atoms with van der Waals surface area (Å²) < 4.78 is 5.90. The first-order valence-electron chi connectivity index (χ1n) is 10.5. The molecule has 2 unspecified atom stereocenters. The van der Waals surface area contributed by atoms with E-state index in [-0.39, 0.29) is 0 Å². The monoisotopic (exact) mass is 406 g/mol. The molecular formula is C19H38N10+2. The minimum atomic E-state index is 0.424. The van der Waals surface area contributed by atoms with Gasteiger partial charge in [-0.1, -0.05) is 0 Å². The van der Waals surface area contributed by atoms with E-state index in [1.165, 1.54) is 32.6 Å². The van der Waals surface area contributed by atoms with Crippen molar-refractivity contribution in [3.05, 3.63) is 12.4 Å². The Bertz CT molecular complexity index is 793. The van der Waals surface area contributed by atoms with E-state index in [0.29, 0.717) is 23.0 Å². The third kappa shape index (κ3) is 5.33. The maximum absolute atomic E-state index is 5.96. The Morgan fingerprint density at radius 2 is 1.52 bits per heavy atom. The first-order chi connectivity index (χ1) is 13.7. The first kappa shape index (κ1) is 21.3. The number of quaternary nitrogens is 2. The molecular weight excluding hydrogens is 368 g/mol. The summed E-state index contributed by atoms with van der Waals surface area (Å²) in [7, 11) is 4.76. The Kier molecular flexibility index (Phi) is 6.23. The lowest BCUT2D eigenvalue weighted by molar-refractivity contribution is -0.946. The van der Waals surface area contributed by atoms with Gasteiger partial charge in [-0.2, -0.15) is 10.2 Å². The minimum Gasteiger partial charge on any atom is -0.394 e. The van der Waals surface area contributed by atoms with E-state index in [1.807, 2.05) is 15.6 Å². The zero-order valence-corrected chi connectivity index (χ0v) is 17.9. The van der Waals surface area contributed by atoms with Crippen molar-refractivity contribution in [2.75, 3.05) is 76.3 Å². The van der Waals surface area contributed by atoms with Crippen LogP contribution in [0, 0.1) is 0 Å². The molecule has 8 N–H and O–H groups in total. The lowest BCUT2D eigenvalue weighted by Crippen LogP contribution is -2.51. The van der Waals surface area contributed by atoms with Crippen LogP contribution < -0.4 is 22.9 Å². The van der Waals surface area contributed by atoms with Crippen molar-refractivity contribution >= 4 is 23.0 Å². The fourth-order valence-corrected chi connectivity index (χ4v) is 4.36. The van der Waals surface area contributed by atoms with Crippen LogP contribution in [-0.2, 0) is 13.1 Å². The Labute approximate surface area is 173 Å². The van der Waals surface area contributed by atoms with E-state index in [2.05, 4.69) is 24.3 Å². The number of rotatable bonds is 8. The van der Waals surface area contributed by atoms with Gasteiger partial charge in [0.05, 0.1) is 64.0 Å². The fraction of sp³-hybridized carbons (Fsp3) is 0.684. The SMILES string of the molecule is C[N+]1(CCCn2cc(N)c(N)n2)CCC[N+](C)(CCCn2ncc(N)c2N)CC1. The molecule has 1 saturated heterocycles. The van der Waals surface area contributed by atoms with E-state index in [0.717, 1.165) is 48.0 Å². The van der Waals surface area contributed by atoms with Gasteiger partial charge in [0.2, 0.25) is 0 Å². The number of aryl methyl sites for hydroxylation is 2. The van der Waals surface area contributed by atoms with Crippen LogP contribution in [0.25, 0.3) is 0 Å². The van der Waals surface area contributed by atoms with Gasteiger partial charge in [-0.15, -0.1) is 0 Å². The fourth-order valence-electron chi connectivity index (χ4n) is 4.36. The van der Waals surface area contributed by atoms with Crippen LogP contribution in [0.2, 0.25) is 0 Å². The van der Waals surface area contributed by atoms with E-state index >= 15 is 0 Å². The molecule has 2 aromatic heterocycles. The molecule has 0 aromatic carbocycles. The molecule has 0 aliphatic carbocycles. The number of nitrogens with zero attached hydrogens (tertiary/aromatic N) is 6. The molecule has 3 heterocycles. The molecule has 29 heavy (non-hydrogen) atoms. The molecule has 0 saturated carbocycles. The quantitative estimate of drug-likeness (QED) is 0.461. The van der Waals surface area contributed by atoms with Crippen LogP contribution in [0.4, 0.5) is 23.0 Å². The molecule has 2 aromatic rings. The molecule has 3 rings (SSSR count). The second-order valence-corrected chi connectivity index (χ2v) is 9.08. The van der Waals surface area contributed by atoms with E-state index in [1.54, 1.807) is 6.20 Å². The summed E-state index contributed by atoms with van der Waals surface area (Å²) in [6.45, 7) is 8.77. The van der Waals surface area contributed by atoms with Crippen molar-refractivity contribution in [1.82, 2.24) is 19.6 Å². The lowest BCUT2D eigenvalue weighted by atomic mass is 10.3. The average molecular weight is 407 g/mol. The van der Waals surface area contributed by atoms with Crippen molar-refractivity contribution in [3.63, 3.8) is 0 Å². The third-order valence-electron chi connectivity index (χ3n) is 6.46. The molecule has 0 spiro atoms. The van der Waals surface area contributed by atoms with Crippen LogP contribution in [0.3, 0.4) is 0 Å². The summed E-state index contributed by atoms with van der Waals surface area (Å²) in [5, 5.41) is 8.52. The predicted molar refractivity (Wildman–Crippen MR) is 118 cm³/mol. The zero-order valence-electron chi connectivity index (χ0n) is 17.9. The number of anilines is 4. The Balaban J connectivity index is 1.45. The molecule has 10 nitrogen and oxygen atoms in total. The molecule has 1 fully saturated rings. The molecule has 10 heteroatoms. The molecule has 0 bridgehead atoms. The third-order valence-corrected chi connectivity index (χ3v) is 6.46. The lowest BCUT2D eigenvalue weighted by Gasteiger charge is -2.35. The smallest absolute Gasteiger partial charge is 0.168 e. The molecule has 1 aliphatic heterocycles. The van der Waals surface area contributed by atoms with Gasteiger partial charge in [0.15, 0.2) is 5.82 Å². The van der Waals surface area contributed by atoms with Crippen LogP contribution in [-0.4, -0.2) is 81.9 Å². The van der Waals surface area contributed by atoms with Gasteiger partial charge in [-0.3, -0.25) is 4.68 Å². The largest absolute Gasteiger partial charge is 0.394 e. The Morgan fingerprint density at radius 1 is 0.897 bits per heavy atom. The predicted octanol–water partition coefficient (Wildman–Crippen LogP) is 0.186. The maximum Gasteiger partial charge on any atom is 0.168 e. The molecule has 2 atom stereocenters. The summed E-state index contributed by atoms with van der Waals surface area (Å²) in [4.78, 5) is 0. The molecule has 162 valence electrons. The average Bonchev–Trinajstić information content (AvgIpc) is 3.10. The molecule has 1 aliphatic rings. The number of likely N-dealkylation sites (N-methyl/N-ethyl adjacent to an activating group) is 2. The summed E-state index contributed by atoms with van der Waals surface area (Å²) in [6, 6.07) is 0. The van der Waals surface area contributed by atoms with Crippen LogP contribution in [0.1, 0.15) is 19.3 Å². The van der Waals surface area contributed by atoms with Gasteiger partial charge >= 0.3 is 0 Å². The normalized spacial score (nSPS) is 25.2. The van der Waals surface area contributed by atoms with Crippen molar-refractivity contribution < 1.29 is 8.97 Å². The van der Waals surface area contributed by atoms with Crippen LogP contribution in [0.5, 0.6) is 0 Å². The van der Waals surface area contributed by atoms with E-state index < -0.39 is 0 Å². The number of hydrogen-bond acceptors (Lipinski definition) is 6. The highest BCUT2D eigenvalue weighted by Gasteiger charge is 2.33. The summed E-state index contributed by atoms with van der Waals surface area (Å²) in [5.74, 6) is 1.00. The summed E-state index contributed by atoms with van der Waals surface area (Å²) in [5.41, 5.74) is 24.4. The van der Waals surface area contributed by atoms with Gasteiger partial charge in [0, 0.05) is 32.4 Å². The van der Waals surface area contributed by atoms with Gasteiger partial charge < -0.3 is 31.9 Å². The highest BCUT2D eigenvalue weighted by Crippen LogP contribution is 2.19. The summed E-state index contributed by atoms with van der Waals surface area (Å²) in [6.07, 6.45) is 6.82. The van der Waals surface area contributed by atoms with E-state index in [4.69, 9.17) is 22.9 Å². The topological polar surface area (TPSA) is 140 Å². The van der Waals surface area contributed by atoms with Gasteiger partial charge in [-0.25, -0.2) is 4.68 Å². The molecule has 0 amide bonds. The summed E-state index contributed by atoms with van der Waals surface area (Å²) >= 11 is 0. The van der Waals surface area contributed by atoms with Crippen LogP contribution in [0.15, 0.2) is 12.4 Å². The van der Waals surface area contributed by atoms with E-state index in [9.17, 15) is 0 Å².